The molecule has 8 nitrogen and oxygen atoms in total. The number of rotatable bonds is 3. The minimum Gasteiger partial charge on any atom is -0.424 e. The number of aromatic nitrogens is 4. The first-order valence-electron chi connectivity index (χ1n) is 9.99. The van der Waals surface area contributed by atoms with Crippen molar-refractivity contribution in [2.75, 3.05) is 29.0 Å². The first kappa shape index (κ1) is 17.1. The average molecular weight is 399 g/mol. The first-order valence-corrected chi connectivity index (χ1v) is 9.99. The molecule has 2 aliphatic rings. The number of hydrogen-bond acceptors (Lipinski definition) is 7. The molecule has 8 heteroatoms. The van der Waals surface area contributed by atoms with E-state index < -0.39 is 0 Å². The van der Waals surface area contributed by atoms with Crippen molar-refractivity contribution < 1.29 is 4.42 Å². The lowest BCUT2D eigenvalue weighted by Crippen LogP contribution is -2.48. The van der Waals surface area contributed by atoms with Gasteiger partial charge >= 0.3 is 0 Å². The Morgan fingerprint density at radius 1 is 1.20 bits per heavy atom. The van der Waals surface area contributed by atoms with E-state index in [1.54, 1.807) is 0 Å². The van der Waals surface area contributed by atoms with Gasteiger partial charge < -0.3 is 24.9 Å². The highest BCUT2D eigenvalue weighted by Gasteiger charge is 2.30. The van der Waals surface area contributed by atoms with Crippen molar-refractivity contribution >= 4 is 34.6 Å². The molecule has 5 heterocycles. The molecule has 0 amide bonds. The van der Waals surface area contributed by atoms with Crippen LogP contribution in [0, 0.1) is 6.92 Å². The van der Waals surface area contributed by atoms with Crippen molar-refractivity contribution in [1.82, 2.24) is 19.5 Å². The number of aryl methyl sites for hydroxylation is 1. The summed E-state index contributed by atoms with van der Waals surface area (Å²) in [4.78, 5) is 15.6. The van der Waals surface area contributed by atoms with Crippen molar-refractivity contribution in [1.29, 1.82) is 0 Å². The van der Waals surface area contributed by atoms with Crippen LogP contribution in [0.5, 0.6) is 0 Å². The molecule has 0 saturated carbocycles. The minimum atomic E-state index is 0.0367. The Hall–Kier alpha value is -3.81. The van der Waals surface area contributed by atoms with E-state index in [2.05, 4.69) is 54.2 Å². The molecule has 1 aromatic carbocycles. The quantitative estimate of drug-likeness (QED) is 0.544. The van der Waals surface area contributed by atoms with Gasteiger partial charge in [-0.3, -0.25) is 4.98 Å². The fraction of sp³-hybridized carbons (Fsp3) is 0.227. The van der Waals surface area contributed by atoms with Crippen LogP contribution in [0.1, 0.15) is 29.2 Å². The summed E-state index contributed by atoms with van der Waals surface area (Å²) in [5.41, 5.74) is 11.3. The molecule has 0 aliphatic carbocycles. The normalized spacial score (nSPS) is 18.3. The van der Waals surface area contributed by atoms with Crippen LogP contribution in [-0.4, -0.2) is 32.6 Å². The summed E-state index contributed by atoms with van der Waals surface area (Å²) < 4.78 is 7.62. The lowest BCUT2D eigenvalue weighted by Gasteiger charge is -2.42. The number of fused-ring (bicyclic) bond motifs is 2. The average Bonchev–Trinajstić information content (AvgIpc) is 3.30. The standard InChI is InChI=1S/C22H21N7O/c1-13-24-6-7-29(13)16-11-28(12-16)15-9-19-18(25-10-15)4-3-17(26-19)14-2-5-21-20(8-14)27-22(23)30-21/h2-10,16-17,26H,11-12H2,1H3,(H2,23,27). The van der Waals surface area contributed by atoms with Gasteiger partial charge in [0.05, 0.1) is 35.3 Å². The van der Waals surface area contributed by atoms with Crippen LogP contribution in [0.4, 0.5) is 17.4 Å². The zero-order valence-electron chi connectivity index (χ0n) is 16.5. The Morgan fingerprint density at radius 3 is 2.93 bits per heavy atom. The Morgan fingerprint density at radius 2 is 2.10 bits per heavy atom. The molecular weight excluding hydrogens is 378 g/mol. The molecule has 1 fully saturated rings. The summed E-state index contributed by atoms with van der Waals surface area (Å²) in [7, 11) is 0. The van der Waals surface area contributed by atoms with Gasteiger partial charge in [0.2, 0.25) is 0 Å². The lowest BCUT2D eigenvalue weighted by molar-refractivity contribution is 0.393. The lowest BCUT2D eigenvalue weighted by atomic mass is 10.0. The molecule has 3 N–H and O–H groups in total. The van der Waals surface area contributed by atoms with Crippen LogP contribution in [0.3, 0.4) is 0 Å². The van der Waals surface area contributed by atoms with Crippen LogP contribution < -0.4 is 16.0 Å². The number of oxazole rings is 1. The molecule has 4 aromatic rings. The zero-order valence-corrected chi connectivity index (χ0v) is 16.5. The Kier molecular flexibility index (Phi) is 3.61. The third-order valence-corrected chi connectivity index (χ3v) is 5.93. The molecule has 0 bridgehead atoms. The van der Waals surface area contributed by atoms with Gasteiger partial charge in [-0.2, -0.15) is 4.98 Å². The van der Waals surface area contributed by atoms with E-state index >= 15 is 0 Å². The molecule has 2 aliphatic heterocycles. The van der Waals surface area contributed by atoms with E-state index in [-0.39, 0.29) is 12.1 Å². The number of nitrogen functional groups attached to an aromatic ring is 1. The number of hydrogen-bond donors (Lipinski definition) is 2. The third kappa shape index (κ3) is 2.72. The van der Waals surface area contributed by atoms with Crippen LogP contribution in [0.25, 0.3) is 17.2 Å². The van der Waals surface area contributed by atoms with Gasteiger partial charge in [0.15, 0.2) is 5.58 Å². The summed E-state index contributed by atoms with van der Waals surface area (Å²) in [6, 6.07) is 8.82. The number of pyridine rings is 1. The van der Waals surface area contributed by atoms with Gasteiger partial charge in [-0.05, 0) is 36.8 Å². The summed E-state index contributed by atoms with van der Waals surface area (Å²) in [5.74, 6) is 1.06. The van der Waals surface area contributed by atoms with Crippen molar-refractivity contribution in [2.45, 2.75) is 19.0 Å². The number of nitrogens with one attached hydrogen (secondary N) is 1. The number of nitrogens with zero attached hydrogens (tertiary/aromatic N) is 5. The highest BCUT2D eigenvalue weighted by molar-refractivity contribution is 5.77. The maximum atomic E-state index is 5.67. The van der Waals surface area contributed by atoms with Gasteiger partial charge in [-0.1, -0.05) is 12.1 Å². The van der Waals surface area contributed by atoms with Crippen LogP contribution in [0.15, 0.2) is 53.3 Å². The summed E-state index contributed by atoms with van der Waals surface area (Å²) in [6.45, 7) is 3.96. The highest BCUT2D eigenvalue weighted by Crippen LogP contribution is 2.35. The van der Waals surface area contributed by atoms with Crippen LogP contribution in [-0.2, 0) is 0 Å². The van der Waals surface area contributed by atoms with Crippen molar-refractivity contribution in [3.8, 4) is 0 Å². The molecule has 0 radical (unpaired) electrons. The number of nitrogens with two attached hydrogens (primary N) is 1. The van der Waals surface area contributed by atoms with Crippen molar-refractivity contribution in [3.05, 3.63) is 66.0 Å². The maximum Gasteiger partial charge on any atom is 0.292 e. The second-order valence-corrected chi connectivity index (χ2v) is 7.83. The second-order valence-electron chi connectivity index (χ2n) is 7.83. The molecule has 1 unspecified atom stereocenters. The van der Waals surface area contributed by atoms with Gasteiger partial charge in [0.25, 0.3) is 6.01 Å². The van der Waals surface area contributed by atoms with Crippen molar-refractivity contribution in [3.63, 3.8) is 0 Å². The van der Waals surface area contributed by atoms with E-state index in [0.717, 1.165) is 47.1 Å². The van der Waals surface area contributed by atoms with Gasteiger partial charge in [0, 0.05) is 25.5 Å². The fourth-order valence-electron chi connectivity index (χ4n) is 4.25. The smallest absolute Gasteiger partial charge is 0.292 e. The molecule has 1 saturated heterocycles. The number of anilines is 3. The molecular formula is C22H21N7O. The summed E-state index contributed by atoms with van der Waals surface area (Å²) >= 11 is 0. The van der Waals surface area contributed by atoms with E-state index in [1.165, 1.54) is 0 Å². The molecule has 30 heavy (non-hydrogen) atoms. The first-order chi connectivity index (χ1) is 14.6. The van der Waals surface area contributed by atoms with E-state index in [0.29, 0.717) is 11.6 Å². The molecule has 150 valence electrons. The van der Waals surface area contributed by atoms with E-state index in [9.17, 15) is 0 Å². The third-order valence-electron chi connectivity index (χ3n) is 5.93. The predicted molar refractivity (Wildman–Crippen MR) is 116 cm³/mol. The summed E-state index contributed by atoms with van der Waals surface area (Å²) in [5, 5.41) is 3.60. The molecule has 6 rings (SSSR count). The monoisotopic (exact) mass is 399 g/mol. The maximum absolute atomic E-state index is 5.67. The Balaban J connectivity index is 1.22. The molecule has 0 spiro atoms. The Labute approximate surface area is 173 Å². The minimum absolute atomic E-state index is 0.0367. The van der Waals surface area contributed by atoms with E-state index in [4.69, 9.17) is 10.2 Å². The van der Waals surface area contributed by atoms with Gasteiger partial charge in [-0.25, -0.2) is 4.98 Å². The fourth-order valence-corrected chi connectivity index (χ4v) is 4.25. The summed E-state index contributed by atoms with van der Waals surface area (Å²) in [6.07, 6.45) is 10.0. The molecule has 3 aromatic heterocycles. The SMILES string of the molecule is Cc1nccn1C1CN(c2cnc3c(c2)NC(c2ccc4oc(N)nc4c2)C=C3)C1. The Bertz CT molecular complexity index is 1280. The topological polar surface area (TPSA) is 98.0 Å². The van der Waals surface area contributed by atoms with Crippen LogP contribution >= 0.6 is 0 Å². The van der Waals surface area contributed by atoms with Gasteiger partial charge in [0.1, 0.15) is 11.3 Å². The second kappa shape index (κ2) is 6.35. The highest BCUT2D eigenvalue weighted by atomic mass is 16.4. The zero-order chi connectivity index (χ0) is 20.2. The number of imidazole rings is 1. The van der Waals surface area contributed by atoms with Crippen LogP contribution in [0.2, 0.25) is 0 Å². The largest absolute Gasteiger partial charge is 0.424 e. The number of benzene rings is 1. The van der Waals surface area contributed by atoms with Crippen molar-refractivity contribution in [2.24, 2.45) is 0 Å². The van der Waals surface area contributed by atoms with E-state index in [1.807, 2.05) is 37.5 Å². The molecule has 1 atom stereocenters. The van der Waals surface area contributed by atoms with Gasteiger partial charge in [-0.15, -0.1) is 0 Å². The predicted octanol–water partition coefficient (Wildman–Crippen LogP) is 3.55.